The molecule has 1 aromatic carbocycles. The molecule has 0 bridgehead atoms. The summed E-state index contributed by atoms with van der Waals surface area (Å²) in [5.74, 6) is 0. The highest BCUT2D eigenvalue weighted by molar-refractivity contribution is 6.35. The summed E-state index contributed by atoms with van der Waals surface area (Å²) in [5, 5.41) is 2.06. The SMILES string of the molecule is Cc1cn(C)c2c(Cl)cccc12. The van der Waals surface area contributed by atoms with Crippen molar-refractivity contribution in [2.75, 3.05) is 0 Å². The monoisotopic (exact) mass is 179 g/mol. The third-order valence-corrected chi connectivity index (χ3v) is 2.46. The molecule has 0 saturated heterocycles. The lowest BCUT2D eigenvalue weighted by Crippen LogP contribution is -1.83. The van der Waals surface area contributed by atoms with E-state index in [0.29, 0.717) is 0 Å². The van der Waals surface area contributed by atoms with Crippen molar-refractivity contribution >= 4 is 22.5 Å². The predicted molar refractivity (Wildman–Crippen MR) is 52.7 cm³/mol. The normalized spacial score (nSPS) is 10.9. The molecule has 2 heteroatoms. The van der Waals surface area contributed by atoms with E-state index in [9.17, 15) is 0 Å². The number of aromatic nitrogens is 1. The van der Waals surface area contributed by atoms with E-state index < -0.39 is 0 Å². The molecule has 0 atom stereocenters. The summed E-state index contributed by atoms with van der Waals surface area (Å²) in [6.07, 6.45) is 2.09. The molecule has 0 radical (unpaired) electrons. The summed E-state index contributed by atoms with van der Waals surface area (Å²) in [4.78, 5) is 0. The Labute approximate surface area is 76.6 Å². The van der Waals surface area contributed by atoms with Crippen molar-refractivity contribution in [2.45, 2.75) is 6.92 Å². The van der Waals surface area contributed by atoms with Gasteiger partial charge in [0.25, 0.3) is 0 Å². The minimum Gasteiger partial charge on any atom is -0.349 e. The van der Waals surface area contributed by atoms with E-state index in [4.69, 9.17) is 11.6 Å². The van der Waals surface area contributed by atoms with Gasteiger partial charge in [0.1, 0.15) is 0 Å². The molecule has 1 heterocycles. The highest BCUT2D eigenvalue weighted by Gasteiger charge is 2.04. The van der Waals surface area contributed by atoms with Crippen molar-refractivity contribution in [1.29, 1.82) is 0 Å². The van der Waals surface area contributed by atoms with Crippen molar-refractivity contribution in [2.24, 2.45) is 7.05 Å². The fourth-order valence-corrected chi connectivity index (χ4v) is 1.92. The zero-order valence-corrected chi connectivity index (χ0v) is 7.89. The molecule has 1 aromatic heterocycles. The van der Waals surface area contributed by atoms with Crippen LogP contribution in [-0.2, 0) is 7.05 Å². The van der Waals surface area contributed by atoms with Crippen LogP contribution in [0.5, 0.6) is 0 Å². The van der Waals surface area contributed by atoms with Gasteiger partial charge >= 0.3 is 0 Å². The van der Waals surface area contributed by atoms with E-state index in [1.54, 1.807) is 0 Å². The maximum Gasteiger partial charge on any atom is 0.0669 e. The van der Waals surface area contributed by atoms with Gasteiger partial charge in [-0.1, -0.05) is 23.7 Å². The zero-order valence-electron chi connectivity index (χ0n) is 7.13. The van der Waals surface area contributed by atoms with Crippen LogP contribution in [-0.4, -0.2) is 4.57 Å². The first-order valence-electron chi connectivity index (χ1n) is 3.90. The third-order valence-electron chi connectivity index (χ3n) is 2.15. The summed E-state index contributed by atoms with van der Waals surface area (Å²) in [5.41, 5.74) is 2.40. The smallest absolute Gasteiger partial charge is 0.0669 e. The number of nitrogens with zero attached hydrogens (tertiary/aromatic N) is 1. The molecule has 1 nitrogen and oxygen atoms in total. The standard InChI is InChI=1S/C10H10ClN/c1-7-6-12(2)10-8(7)4-3-5-9(10)11/h3-6H,1-2H3. The first-order chi connectivity index (χ1) is 5.70. The van der Waals surface area contributed by atoms with Crippen molar-refractivity contribution in [3.05, 3.63) is 35.0 Å². The minimum atomic E-state index is 0.822. The molecule has 0 amide bonds. The molecule has 0 aliphatic heterocycles. The lowest BCUT2D eigenvalue weighted by molar-refractivity contribution is 0.964. The Bertz CT molecular complexity index is 429. The van der Waals surface area contributed by atoms with Crippen LogP contribution in [0, 0.1) is 6.92 Å². The van der Waals surface area contributed by atoms with Gasteiger partial charge in [0.2, 0.25) is 0 Å². The quantitative estimate of drug-likeness (QED) is 0.586. The topological polar surface area (TPSA) is 4.93 Å². The molecular formula is C10H10ClN. The Morgan fingerprint density at radius 2 is 2.08 bits per heavy atom. The van der Waals surface area contributed by atoms with E-state index in [1.165, 1.54) is 10.9 Å². The van der Waals surface area contributed by atoms with Gasteiger partial charge < -0.3 is 4.57 Å². The molecular weight excluding hydrogens is 170 g/mol. The van der Waals surface area contributed by atoms with Crippen LogP contribution < -0.4 is 0 Å². The van der Waals surface area contributed by atoms with Gasteiger partial charge in [-0.05, 0) is 18.6 Å². The number of rotatable bonds is 0. The maximum atomic E-state index is 6.05. The van der Waals surface area contributed by atoms with Crippen LogP contribution in [0.1, 0.15) is 5.56 Å². The molecule has 0 saturated carbocycles. The minimum absolute atomic E-state index is 0.822. The lowest BCUT2D eigenvalue weighted by atomic mass is 10.2. The molecule has 0 aliphatic carbocycles. The summed E-state index contributed by atoms with van der Waals surface area (Å²) in [7, 11) is 2.02. The van der Waals surface area contributed by atoms with Gasteiger partial charge in [0.05, 0.1) is 10.5 Å². The average molecular weight is 180 g/mol. The number of hydrogen-bond acceptors (Lipinski definition) is 0. The molecule has 0 aliphatic rings. The highest BCUT2D eigenvalue weighted by atomic mass is 35.5. The maximum absolute atomic E-state index is 6.05. The van der Waals surface area contributed by atoms with E-state index in [-0.39, 0.29) is 0 Å². The first kappa shape index (κ1) is 7.69. The molecule has 62 valence electrons. The van der Waals surface area contributed by atoms with E-state index in [1.807, 2.05) is 19.2 Å². The van der Waals surface area contributed by atoms with Gasteiger partial charge in [-0.15, -0.1) is 0 Å². The third kappa shape index (κ3) is 0.935. The van der Waals surface area contributed by atoms with Crippen LogP contribution >= 0.6 is 11.6 Å². The van der Waals surface area contributed by atoms with Crippen LogP contribution in [0.2, 0.25) is 5.02 Å². The number of para-hydroxylation sites is 1. The second-order valence-electron chi connectivity index (χ2n) is 3.06. The fraction of sp³-hybridized carbons (Fsp3) is 0.200. The molecule has 0 fully saturated rings. The van der Waals surface area contributed by atoms with Gasteiger partial charge in [0.15, 0.2) is 0 Å². The Balaban J connectivity index is 2.99. The number of aryl methyl sites for hydroxylation is 2. The van der Waals surface area contributed by atoms with Gasteiger partial charge in [0, 0.05) is 18.6 Å². The first-order valence-corrected chi connectivity index (χ1v) is 4.28. The number of fused-ring (bicyclic) bond motifs is 1. The van der Waals surface area contributed by atoms with Crippen LogP contribution in [0.15, 0.2) is 24.4 Å². The van der Waals surface area contributed by atoms with Crippen LogP contribution in [0.3, 0.4) is 0 Å². The summed E-state index contributed by atoms with van der Waals surface area (Å²) in [6, 6.07) is 6.00. The van der Waals surface area contributed by atoms with Crippen molar-refractivity contribution < 1.29 is 0 Å². The van der Waals surface area contributed by atoms with E-state index >= 15 is 0 Å². The summed E-state index contributed by atoms with van der Waals surface area (Å²) < 4.78 is 2.06. The molecule has 0 N–H and O–H groups in total. The second kappa shape index (κ2) is 2.53. The van der Waals surface area contributed by atoms with Crippen molar-refractivity contribution in [1.82, 2.24) is 4.57 Å². The lowest BCUT2D eigenvalue weighted by Gasteiger charge is -1.97. The molecule has 0 spiro atoms. The zero-order chi connectivity index (χ0) is 8.72. The fourth-order valence-electron chi connectivity index (χ4n) is 1.62. The van der Waals surface area contributed by atoms with Gasteiger partial charge in [-0.25, -0.2) is 0 Å². The number of benzene rings is 1. The highest BCUT2D eigenvalue weighted by Crippen LogP contribution is 2.26. The second-order valence-corrected chi connectivity index (χ2v) is 3.47. The Hall–Kier alpha value is -0.950. The van der Waals surface area contributed by atoms with E-state index in [0.717, 1.165) is 10.5 Å². The van der Waals surface area contributed by atoms with Gasteiger partial charge in [-0.2, -0.15) is 0 Å². The number of halogens is 1. The largest absolute Gasteiger partial charge is 0.349 e. The van der Waals surface area contributed by atoms with Crippen LogP contribution in [0.25, 0.3) is 10.9 Å². The van der Waals surface area contributed by atoms with Crippen LogP contribution in [0.4, 0.5) is 0 Å². The Kier molecular flexibility index (Phi) is 1.62. The Morgan fingerprint density at radius 1 is 1.33 bits per heavy atom. The summed E-state index contributed by atoms with van der Waals surface area (Å²) in [6.45, 7) is 2.10. The average Bonchev–Trinajstić information content (AvgIpc) is 2.29. The van der Waals surface area contributed by atoms with Crippen molar-refractivity contribution in [3.63, 3.8) is 0 Å². The van der Waals surface area contributed by atoms with Crippen molar-refractivity contribution in [3.8, 4) is 0 Å². The van der Waals surface area contributed by atoms with Gasteiger partial charge in [-0.3, -0.25) is 0 Å². The number of hydrogen-bond donors (Lipinski definition) is 0. The molecule has 12 heavy (non-hydrogen) atoms. The summed E-state index contributed by atoms with van der Waals surface area (Å²) >= 11 is 6.05. The van der Waals surface area contributed by atoms with E-state index in [2.05, 4.69) is 23.8 Å². The molecule has 2 aromatic rings. The Morgan fingerprint density at radius 3 is 2.75 bits per heavy atom. The molecule has 2 rings (SSSR count). The molecule has 0 unspecified atom stereocenters. The predicted octanol–water partition coefficient (Wildman–Crippen LogP) is 3.14.